The minimum atomic E-state index is -0.490. The number of hydrogen-bond acceptors (Lipinski definition) is 3. The molecule has 1 aromatic heterocycles. The molecule has 0 spiro atoms. The van der Waals surface area contributed by atoms with Crippen LogP contribution in [0.15, 0.2) is 18.5 Å². The van der Waals surface area contributed by atoms with Crippen LogP contribution >= 0.6 is 0 Å². The number of hydrogen-bond donors (Lipinski definition) is 1. The molecule has 5 nitrogen and oxygen atoms in total. The van der Waals surface area contributed by atoms with E-state index in [2.05, 4.69) is 36.1 Å². The first-order valence-electron chi connectivity index (χ1n) is 9.44. The number of aromatic nitrogens is 2. The highest BCUT2D eigenvalue weighted by Gasteiger charge is 2.44. The molecule has 134 valence electrons. The van der Waals surface area contributed by atoms with Crippen molar-refractivity contribution < 1.29 is 4.79 Å². The van der Waals surface area contributed by atoms with Crippen LogP contribution in [0, 0.1) is 11.3 Å². The summed E-state index contributed by atoms with van der Waals surface area (Å²) in [4.78, 5) is 15.6. The number of piperidine rings is 1. The van der Waals surface area contributed by atoms with Gasteiger partial charge in [-0.1, -0.05) is 20.8 Å². The summed E-state index contributed by atoms with van der Waals surface area (Å²) < 4.78 is 1.92. The third kappa shape index (κ3) is 3.37. The molecule has 2 aliphatic heterocycles. The van der Waals surface area contributed by atoms with Crippen molar-refractivity contribution in [2.75, 3.05) is 26.2 Å². The normalized spacial score (nSPS) is 25.3. The van der Waals surface area contributed by atoms with Crippen LogP contribution in [0.5, 0.6) is 0 Å². The first-order valence-corrected chi connectivity index (χ1v) is 9.44. The molecule has 3 heterocycles. The lowest BCUT2D eigenvalue weighted by Gasteiger charge is -2.40. The van der Waals surface area contributed by atoms with Gasteiger partial charge in [-0.2, -0.15) is 5.10 Å². The van der Waals surface area contributed by atoms with E-state index in [4.69, 9.17) is 0 Å². The predicted molar refractivity (Wildman–Crippen MR) is 95.7 cm³/mol. The first-order chi connectivity index (χ1) is 11.4. The molecule has 0 bridgehead atoms. The van der Waals surface area contributed by atoms with Crippen LogP contribution in [0.1, 0.15) is 52.9 Å². The van der Waals surface area contributed by atoms with Crippen LogP contribution < -0.4 is 5.32 Å². The zero-order valence-corrected chi connectivity index (χ0v) is 15.4. The van der Waals surface area contributed by atoms with Gasteiger partial charge in [0.25, 0.3) is 5.91 Å². The molecule has 1 unspecified atom stereocenters. The van der Waals surface area contributed by atoms with E-state index >= 15 is 0 Å². The third-order valence-corrected chi connectivity index (χ3v) is 6.01. The molecule has 2 aliphatic rings. The van der Waals surface area contributed by atoms with Crippen molar-refractivity contribution in [2.45, 2.75) is 58.4 Å². The van der Waals surface area contributed by atoms with Gasteiger partial charge in [0.2, 0.25) is 0 Å². The summed E-state index contributed by atoms with van der Waals surface area (Å²) in [6, 6.07) is 1.93. The van der Waals surface area contributed by atoms with Gasteiger partial charge < -0.3 is 10.2 Å². The number of likely N-dealkylation sites (tertiary alicyclic amines) is 1. The highest BCUT2D eigenvalue weighted by molar-refractivity contribution is 5.84. The summed E-state index contributed by atoms with van der Waals surface area (Å²) in [6.45, 7) is 10.5. The Morgan fingerprint density at radius 1 is 1.21 bits per heavy atom. The van der Waals surface area contributed by atoms with Crippen molar-refractivity contribution in [3.8, 4) is 0 Å². The van der Waals surface area contributed by atoms with E-state index in [0.29, 0.717) is 11.3 Å². The molecule has 3 rings (SSSR count). The van der Waals surface area contributed by atoms with Crippen molar-refractivity contribution in [1.29, 1.82) is 0 Å². The molecule has 2 fully saturated rings. The summed E-state index contributed by atoms with van der Waals surface area (Å²) in [7, 11) is 0. The number of amides is 1. The highest BCUT2D eigenvalue weighted by atomic mass is 16.2. The van der Waals surface area contributed by atoms with E-state index in [9.17, 15) is 4.79 Å². The molecule has 0 saturated carbocycles. The second kappa shape index (κ2) is 6.87. The Kier molecular flexibility index (Phi) is 5.00. The summed E-state index contributed by atoms with van der Waals surface area (Å²) in [5.41, 5.74) is -0.163. The van der Waals surface area contributed by atoms with Crippen molar-refractivity contribution in [2.24, 2.45) is 11.3 Å². The van der Waals surface area contributed by atoms with E-state index in [1.807, 2.05) is 16.9 Å². The van der Waals surface area contributed by atoms with Gasteiger partial charge in [-0.25, -0.2) is 0 Å². The van der Waals surface area contributed by atoms with Crippen molar-refractivity contribution in [3.05, 3.63) is 18.5 Å². The van der Waals surface area contributed by atoms with Crippen molar-refractivity contribution in [3.63, 3.8) is 0 Å². The lowest BCUT2D eigenvalue weighted by molar-refractivity contribution is -0.143. The fraction of sp³-hybridized carbons (Fsp3) is 0.789. The van der Waals surface area contributed by atoms with Gasteiger partial charge in [-0.15, -0.1) is 0 Å². The maximum atomic E-state index is 13.5. The molecular formula is C19H32N4O. The van der Waals surface area contributed by atoms with Crippen molar-refractivity contribution >= 4 is 5.91 Å². The average molecular weight is 332 g/mol. The van der Waals surface area contributed by atoms with Gasteiger partial charge in [0.05, 0.1) is 0 Å². The molecule has 5 heteroatoms. The van der Waals surface area contributed by atoms with Gasteiger partial charge in [0.1, 0.15) is 5.54 Å². The number of rotatable bonds is 2. The minimum absolute atomic E-state index is 0.280. The Labute approximate surface area is 145 Å². The second-order valence-corrected chi connectivity index (χ2v) is 8.52. The van der Waals surface area contributed by atoms with Crippen LogP contribution in [0.3, 0.4) is 0 Å². The number of nitrogens with one attached hydrogen (secondary N) is 1. The van der Waals surface area contributed by atoms with Gasteiger partial charge in [-0.05, 0) is 62.6 Å². The lowest BCUT2D eigenvalue weighted by atomic mass is 9.77. The largest absolute Gasteiger partial charge is 0.341 e. The monoisotopic (exact) mass is 332 g/mol. The zero-order valence-electron chi connectivity index (χ0n) is 15.4. The van der Waals surface area contributed by atoms with Crippen LogP contribution in [0.2, 0.25) is 0 Å². The molecule has 0 radical (unpaired) electrons. The molecule has 1 atom stereocenters. The Bertz CT molecular complexity index is 540. The summed E-state index contributed by atoms with van der Waals surface area (Å²) in [6.07, 6.45) is 8.85. The van der Waals surface area contributed by atoms with Crippen LogP contribution in [-0.2, 0) is 10.3 Å². The van der Waals surface area contributed by atoms with Gasteiger partial charge >= 0.3 is 0 Å². The average Bonchev–Trinajstić information content (AvgIpc) is 2.98. The number of carbonyl (C=O) groups is 1. The number of nitrogens with zero attached hydrogens (tertiary/aromatic N) is 3. The molecule has 1 amide bonds. The smallest absolute Gasteiger partial charge is 0.250 e. The fourth-order valence-corrected chi connectivity index (χ4v) is 4.36. The SMILES string of the molecule is CC(C)(C)C1CCCN(C(=O)C2(n3cccn3)CCNCC2)CC1. The van der Waals surface area contributed by atoms with E-state index in [1.54, 1.807) is 6.20 Å². The lowest BCUT2D eigenvalue weighted by Crippen LogP contribution is -2.56. The molecule has 2 saturated heterocycles. The molecule has 24 heavy (non-hydrogen) atoms. The molecule has 0 aromatic carbocycles. The first kappa shape index (κ1) is 17.5. The number of carbonyl (C=O) groups excluding carboxylic acids is 1. The fourth-order valence-electron chi connectivity index (χ4n) is 4.36. The molecule has 1 aromatic rings. The molecule has 1 N–H and O–H groups in total. The maximum Gasteiger partial charge on any atom is 0.250 e. The van der Waals surface area contributed by atoms with Gasteiger partial charge in [0, 0.05) is 25.5 Å². The van der Waals surface area contributed by atoms with E-state index in [1.165, 1.54) is 6.42 Å². The minimum Gasteiger partial charge on any atom is -0.341 e. The van der Waals surface area contributed by atoms with E-state index in [-0.39, 0.29) is 5.91 Å². The van der Waals surface area contributed by atoms with Gasteiger partial charge in [0.15, 0.2) is 0 Å². The van der Waals surface area contributed by atoms with Crippen molar-refractivity contribution in [1.82, 2.24) is 20.0 Å². The Morgan fingerprint density at radius 3 is 2.58 bits per heavy atom. The van der Waals surface area contributed by atoms with Gasteiger partial charge in [-0.3, -0.25) is 9.48 Å². The summed E-state index contributed by atoms with van der Waals surface area (Å²) >= 11 is 0. The van der Waals surface area contributed by atoms with Crippen LogP contribution in [0.4, 0.5) is 0 Å². The van der Waals surface area contributed by atoms with E-state index < -0.39 is 5.54 Å². The highest BCUT2D eigenvalue weighted by Crippen LogP contribution is 2.36. The maximum absolute atomic E-state index is 13.5. The summed E-state index contributed by atoms with van der Waals surface area (Å²) in [5.74, 6) is 0.978. The van der Waals surface area contributed by atoms with E-state index in [0.717, 1.165) is 51.9 Å². The Morgan fingerprint density at radius 2 is 1.96 bits per heavy atom. The Hall–Kier alpha value is -1.36. The zero-order chi connectivity index (χ0) is 17.2. The topological polar surface area (TPSA) is 50.2 Å². The second-order valence-electron chi connectivity index (χ2n) is 8.52. The Balaban J connectivity index is 1.78. The third-order valence-electron chi connectivity index (χ3n) is 6.01. The standard InChI is InChI=1S/C19H32N4O/c1-18(2,3)16-6-4-13-22(15-7-16)17(24)19(8-11-20-12-9-19)23-14-5-10-21-23/h5,10,14,16,20H,4,6-9,11-13,15H2,1-3H3. The molecule has 0 aliphatic carbocycles. The quantitative estimate of drug-likeness (QED) is 0.906. The van der Waals surface area contributed by atoms with Crippen LogP contribution in [-0.4, -0.2) is 46.8 Å². The van der Waals surface area contributed by atoms with Crippen LogP contribution in [0.25, 0.3) is 0 Å². The predicted octanol–water partition coefficient (Wildman–Crippen LogP) is 2.64. The summed E-state index contributed by atoms with van der Waals surface area (Å²) in [5, 5.41) is 7.83. The molecular weight excluding hydrogens is 300 g/mol.